The van der Waals surface area contributed by atoms with E-state index >= 15 is 0 Å². The first-order valence-electron chi connectivity index (χ1n) is 12.3. The number of benzene rings is 5. The van der Waals surface area contributed by atoms with Crippen LogP contribution < -0.4 is 0 Å². The van der Waals surface area contributed by atoms with Crippen LogP contribution in [0.4, 0.5) is 4.39 Å². The summed E-state index contributed by atoms with van der Waals surface area (Å²) in [5, 5.41) is 4.51. The van der Waals surface area contributed by atoms with Crippen molar-refractivity contribution in [3.8, 4) is 33.7 Å². The highest BCUT2D eigenvalue weighted by Crippen LogP contribution is 2.40. The second kappa shape index (κ2) is 8.42. The zero-order valence-electron chi connectivity index (χ0n) is 20.2. The molecule has 0 saturated carbocycles. The van der Waals surface area contributed by atoms with Crippen molar-refractivity contribution >= 4 is 32.5 Å². The summed E-state index contributed by atoms with van der Waals surface area (Å²) in [6.07, 6.45) is 1.81. The number of rotatable bonds is 3. The summed E-state index contributed by atoms with van der Waals surface area (Å²) in [4.78, 5) is 4.81. The van der Waals surface area contributed by atoms with Crippen molar-refractivity contribution < 1.29 is 8.81 Å². The fraction of sp³-hybridized carbons (Fsp3) is 0.0294. The van der Waals surface area contributed by atoms with Crippen molar-refractivity contribution in [2.75, 3.05) is 0 Å². The van der Waals surface area contributed by atoms with Crippen molar-refractivity contribution in [2.24, 2.45) is 0 Å². The number of pyridine rings is 1. The molecule has 0 radical (unpaired) electrons. The summed E-state index contributed by atoms with van der Waals surface area (Å²) in [7, 11) is 0. The van der Waals surface area contributed by atoms with E-state index < -0.39 is 0 Å². The summed E-state index contributed by atoms with van der Waals surface area (Å²) in [6.45, 7) is 1.92. The molecule has 2 aromatic heterocycles. The van der Waals surface area contributed by atoms with E-state index in [1.165, 1.54) is 0 Å². The molecule has 0 atom stereocenters. The number of aromatic nitrogens is 1. The van der Waals surface area contributed by atoms with Gasteiger partial charge in [0.15, 0.2) is 0 Å². The van der Waals surface area contributed by atoms with Gasteiger partial charge in [-0.1, -0.05) is 78.9 Å². The SMILES string of the molecule is Cc1cc(F)c2ccc3c(-c4cc(-c5ccccc5)c5oc(-c6ccccc6)cc5c4)nccc3c2c1. The van der Waals surface area contributed by atoms with Crippen LogP contribution in [-0.2, 0) is 0 Å². The third kappa shape index (κ3) is 3.59. The highest BCUT2D eigenvalue weighted by Gasteiger charge is 2.17. The largest absolute Gasteiger partial charge is 0.455 e. The molecule has 0 spiro atoms. The number of nitrogens with zero attached hydrogens (tertiary/aromatic N) is 1. The molecule has 0 fully saturated rings. The van der Waals surface area contributed by atoms with Crippen LogP contribution in [0.2, 0.25) is 0 Å². The van der Waals surface area contributed by atoms with Gasteiger partial charge in [0.25, 0.3) is 0 Å². The van der Waals surface area contributed by atoms with Gasteiger partial charge in [-0.05, 0) is 59.2 Å². The van der Waals surface area contributed by atoms with E-state index in [-0.39, 0.29) is 5.82 Å². The summed E-state index contributed by atoms with van der Waals surface area (Å²) in [5.74, 6) is 0.627. The molecule has 0 bridgehead atoms. The lowest BCUT2D eigenvalue weighted by molar-refractivity contribution is 0.632. The molecular formula is C34H22FNO. The van der Waals surface area contributed by atoms with E-state index in [9.17, 15) is 4.39 Å². The average Bonchev–Trinajstić information content (AvgIpc) is 3.37. The molecule has 5 aromatic carbocycles. The molecule has 37 heavy (non-hydrogen) atoms. The Labute approximate surface area is 213 Å². The van der Waals surface area contributed by atoms with Gasteiger partial charge >= 0.3 is 0 Å². The smallest absolute Gasteiger partial charge is 0.142 e. The van der Waals surface area contributed by atoms with Gasteiger partial charge < -0.3 is 4.42 Å². The Bertz CT molecular complexity index is 1940. The maximum Gasteiger partial charge on any atom is 0.142 e. The van der Waals surface area contributed by atoms with E-state index in [4.69, 9.17) is 9.40 Å². The van der Waals surface area contributed by atoms with Crippen LogP contribution in [0, 0.1) is 12.7 Å². The molecule has 2 heterocycles. The van der Waals surface area contributed by atoms with E-state index in [1.54, 1.807) is 6.07 Å². The molecule has 3 heteroatoms. The fourth-order valence-corrected chi connectivity index (χ4v) is 5.29. The zero-order valence-corrected chi connectivity index (χ0v) is 20.2. The van der Waals surface area contributed by atoms with Crippen molar-refractivity contribution in [1.82, 2.24) is 4.98 Å². The van der Waals surface area contributed by atoms with E-state index in [0.29, 0.717) is 5.39 Å². The lowest BCUT2D eigenvalue weighted by Gasteiger charge is -2.12. The number of furan rings is 1. The lowest BCUT2D eigenvalue weighted by atomic mass is 9.94. The minimum Gasteiger partial charge on any atom is -0.455 e. The van der Waals surface area contributed by atoms with Crippen molar-refractivity contribution in [3.05, 3.63) is 127 Å². The van der Waals surface area contributed by atoms with Crippen molar-refractivity contribution in [1.29, 1.82) is 0 Å². The van der Waals surface area contributed by atoms with Crippen LogP contribution in [0.5, 0.6) is 0 Å². The van der Waals surface area contributed by atoms with E-state index in [2.05, 4.69) is 42.5 Å². The predicted octanol–water partition coefficient (Wildman–Crippen LogP) is 9.58. The number of fused-ring (bicyclic) bond motifs is 4. The van der Waals surface area contributed by atoms with Gasteiger partial charge in [-0.15, -0.1) is 0 Å². The van der Waals surface area contributed by atoms with Crippen LogP contribution in [0.3, 0.4) is 0 Å². The number of halogens is 1. The first-order chi connectivity index (χ1) is 18.2. The minimum atomic E-state index is -0.199. The van der Waals surface area contributed by atoms with Gasteiger partial charge in [0.05, 0.1) is 5.69 Å². The van der Waals surface area contributed by atoms with Crippen LogP contribution >= 0.6 is 0 Å². The number of hydrogen-bond donors (Lipinski definition) is 0. The molecule has 0 aliphatic heterocycles. The van der Waals surface area contributed by atoms with Gasteiger partial charge in [-0.2, -0.15) is 0 Å². The van der Waals surface area contributed by atoms with Crippen molar-refractivity contribution in [2.45, 2.75) is 6.92 Å². The quantitative estimate of drug-likeness (QED) is 0.236. The molecule has 0 aliphatic rings. The number of aryl methyl sites for hydroxylation is 1. The first-order valence-corrected chi connectivity index (χ1v) is 12.3. The highest BCUT2D eigenvalue weighted by molar-refractivity contribution is 6.12. The maximum atomic E-state index is 14.7. The molecule has 0 saturated heterocycles. The van der Waals surface area contributed by atoms with Gasteiger partial charge in [-0.3, -0.25) is 4.98 Å². The third-order valence-corrected chi connectivity index (χ3v) is 7.00. The van der Waals surface area contributed by atoms with Crippen LogP contribution in [0.15, 0.2) is 120 Å². The van der Waals surface area contributed by atoms with Gasteiger partial charge in [0.1, 0.15) is 17.2 Å². The summed E-state index contributed by atoms with van der Waals surface area (Å²) >= 11 is 0. The minimum absolute atomic E-state index is 0.199. The maximum absolute atomic E-state index is 14.7. The normalized spacial score (nSPS) is 11.5. The Kier molecular flexibility index (Phi) is 4.90. The Balaban J connectivity index is 1.52. The Morgan fingerprint density at radius 3 is 2.14 bits per heavy atom. The second-order valence-electron chi connectivity index (χ2n) is 9.45. The molecule has 0 N–H and O–H groups in total. The Morgan fingerprint density at radius 1 is 0.622 bits per heavy atom. The second-order valence-corrected chi connectivity index (χ2v) is 9.45. The van der Waals surface area contributed by atoms with Crippen molar-refractivity contribution in [3.63, 3.8) is 0 Å². The van der Waals surface area contributed by atoms with E-state index in [0.717, 1.165) is 66.4 Å². The van der Waals surface area contributed by atoms with Gasteiger partial charge in [-0.25, -0.2) is 4.39 Å². The van der Waals surface area contributed by atoms with E-state index in [1.807, 2.05) is 73.8 Å². The number of hydrogen-bond acceptors (Lipinski definition) is 2. The first kappa shape index (κ1) is 21.5. The molecule has 2 nitrogen and oxygen atoms in total. The zero-order chi connectivity index (χ0) is 24.9. The topological polar surface area (TPSA) is 26.0 Å². The molecule has 0 aliphatic carbocycles. The molecule has 0 unspecified atom stereocenters. The Hall–Kier alpha value is -4.76. The van der Waals surface area contributed by atoms with Gasteiger partial charge in [0.2, 0.25) is 0 Å². The van der Waals surface area contributed by atoms with Gasteiger partial charge in [0, 0.05) is 39.0 Å². The van der Waals surface area contributed by atoms with Crippen LogP contribution in [0.1, 0.15) is 5.56 Å². The summed E-state index contributed by atoms with van der Waals surface area (Å²) in [6, 6.07) is 36.3. The molecular weight excluding hydrogens is 457 g/mol. The average molecular weight is 480 g/mol. The third-order valence-electron chi connectivity index (χ3n) is 7.00. The monoisotopic (exact) mass is 479 g/mol. The molecule has 7 rings (SSSR count). The molecule has 176 valence electrons. The Morgan fingerprint density at radius 2 is 1.35 bits per heavy atom. The molecule has 0 amide bonds. The standard InChI is InChI=1S/C34H22FNO/c1-21-16-30-26-14-15-36-33(28(26)13-12-27(30)31(35)17-21)24-18-25-20-32(23-10-6-3-7-11-23)37-34(25)29(19-24)22-8-4-2-5-9-22/h2-20H,1H3. The fourth-order valence-electron chi connectivity index (χ4n) is 5.29. The lowest BCUT2D eigenvalue weighted by Crippen LogP contribution is -1.90. The van der Waals surface area contributed by atoms with Crippen LogP contribution in [-0.4, -0.2) is 4.98 Å². The highest BCUT2D eigenvalue weighted by atomic mass is 19.1. The summed E-state index contributed by atoms with van der Waals surface area (Å²) in [5.41, 5.74) is 6.72. The predicted molar refractivity (Wildman–Crippen MR) is 150 cm³/mol. The molecule has 7 aromatic rings. The summed E-state index contributed by atoms with van der Waals surface area (Å²) < 4.78 is 21.2. The van der Waals surface area contributed by atoms with Crippen LogP contribution in [0.25, 0.3) is 66.2 Å².